The number of quaternary nitrogens is 1. The molecule has 0 spiro atoms. The maximum Gasteiger partial charge on any atom is 0.267 e. The van der Waals surface area contributed by atoms with Crippen LogP contribution in [-0.4, -0.2) is 55.0 Å². The number of nitrogens with one attached hydrogen (secondary N) is 2. The standard InChI is InChI=1S/C20H25N3O4/c24-18-15-6-1-4-14-5-2-9-23(17(14)15)20(26)16(18)19(25)21-7-3-8-22-10-12-27-13-11-22/h1,4,6,24H,2-3,5,7-13H2,(H,21,25)/p+1. The fourth-order valence-electron chi connectivity index (χ4n) is 4.16. The second-order valence-corrected chi connectivity index (χ2v) is 7.32. The van der Waals surface area contributed by atoms with Crippen LogP contribution in [0.15, 0.2) is 23.0 Å². The lowest BCUT2D eigenvalue weighted by molar-refractivity contribution is -0.908. The van der Waals surface area contributed by atoms with E-state index in [0.29, 0.717) is 18.5 Å². The van der Waals surface area contributed by atoms with Crippen LogP contribution in [0.4, 0.5) is 0 Å². The van der Waals surface area contributed by atoms with Crippen molar-refractivity contribution in [3.05, 3.63) is 39.7 Å². The van der Waals surface area contributed by atoms with Gasteiger partial charge in [0, 0.05) is 24.9 Å². The molecule has 7 heteroatoms. The highest BCUT2D eigenvalue weighted by Gasteiger charge is 2.25. The number of hydrogen-bond donors (Lipinski definition) is 3. The molecule has 2 aliphatic heterocycles. The van der Waals surface area contributed by atoms with E-state index in [-0.39, 0.29) is 11.3 Å². The minimum atomic E-state index is -0.490. The number of carbonyl (C=O) groups excluding carboxylic acids is 1. The number of amides is 1. The van der Waals surface area contributed by atoms with Gasteiger partial charge in [-0.05, 0) is 24.5 Å². The highest BCUT2D eigenvalue weighted by Crippen LogP contribution is 2.31. The molecule has 2 aromatic rings. The molecule has 1 aromatic carbocycles. The van der Waals surface area contributed by atoms with Crippen molar-refractivity contribution >= 4 is 16.8 Å². The van der Waals surface area contributed by atoms with Crippen LogP contribution in [0.2, 0.25) is 0 Å². The Morgan fingerprint density at radius 2 is 2.11 bits per heavy atom. The van der Waals surface area contributed by atoms with Gasteiger partial charge in [-0.3, -0.25) is 9.59 Å². The molecule has 3 heterocycles. The highest BCUT2D eigenvalue weighted by molar-refractivity contribution is 6.02. The van der Waals surface area contributed by atoms with Crippen LogP contribution in [0.25, 0.3) is 10.9 Å². The fourth-order valence-corrected chi connectivity index (χ4v) is 4.16. The molecule has 0 unspecified atom stereocenters. The van der Waals surface area contributed by atoms with E-state index in [9.17, 15) is 14.7 Å². The van der Waals surface area contributed by atoms with Crippen molar-refractivity contribution < 1.29 is 19.5 Å². The second kappa shape index (κ2) is 7.70. The van der Waals surface area contributed by atoms with Gasteiger partial charge < -0.3 is 24.6 Å². The van der Waals surface area contributed by atoms with Crippen molar-refractivity contribution in [1.82, 2.24) is 9.88 Å². The zero-order chi connectivity index (χ0) is 18.8. The Kier molecular flexibility index (Phi) is 5.13. The van der Waals surface area contributed by atoms with Crippen LogP contribution in [0.5, 0.6) is 5.75 Å². The Bertz CT molecular complexity index is 916. The number of ether oxygens (including phenoxy) is 1. The van der Waals surface area contributed by atoms with Gasteiger partial charge >= 0.3 is 0 Å². The van der Waals surface area contributed by atoms with Gasteiger partial charge in [-0.25, -0.2) is 0 Å². The smallest absolute Gasteiger partial charge is 0.267 e. The molecule has 0 bridgehead atoms. The average molecular weight is 372 g/mol. The molecule has 1 saturated heterocycles. The van der Waals surface area contributed by atoms with Gasteiger partial charge in [-0.2, -0.15) is 0 Å². The number of pyridine rings is 1. The molecule has 0 saturated carbocycles. The van der Waals surface area contributed by atoms with Crippen LogP contribution in [0, 0.1) is 0 Å². The number of aromatic hydroxyl groups is 1. The van der Waals surface area contributed by atoms with Crippen LogP contribution in [0.3, 0.4) is 0 Å². The average Bonchev–Trinajstić information content (AvgIpc) is 2.70. The van der Waals surface area contributed by atoms with Gasteiger partial charge in [0.15, 0.2) is 0 Å². The van der Waals surface area contributed by atoms with Crippen molar-refractivity contribution in [2.45, 2.75) is 25.8 Å². The number of carbonyl (C=O) groups is 1. The fraction of sp³-hybridized carbons (Fsp3) is 0.500. The first-order valence-electron chi connectivity index (χ1n) is 9.73. The summed E-state index contributed by atoms with van der Waals surface area (Å²) in [5.41, 5.74) is 1.27. The second-order valence-electron chi connectivity index (χ2n) is 7.32. The van der Waals surface area contributed by atoms with Crippen LogP contribution in [-0.2, 0) is 17.7 Å². The van der Waals surface area contributed by atoms with E-state index < -0.39 is 11.5 Å². The predicted octanol–water partition coefficient (Wildman–Crippen LogP) is -0.312. The first-order chi connectivity index (χ1) is 13.2. The summed E-state index contributed by atoms with van der Waals surface area (Å²) in [5, 5.41) is 14.0. The lowest BCUT2D eigenvalue weighted by Gasteiger charge is -2.23. The molecule has 1 amide bonds. The van der Waals surface area contributed by atoms with Crippen molar-refractivity contribution in [1.29, 1.82) is 0 Å². The van der Waals surface area contributed by atoms with Crippen molar-refractivity contribution in [2.24, 2.45) is 0 Å². The maximum absolute atomic E-state index is 12.9. The number of benzene rings is 1. The van der Waals surface area contributed by atoms with Crippen LogP contribution >= 0.6 is 0 Å². The molecule has 1 aromatic heterocycles. The van der Waals surface area contributed by atoms with Gasteiger partial charge in [0.25, 0.3) is 11.5 Å². The molecule has 4 rings (SSSR count). The first kappa shape index (κ1) is 18.0. The zero-order valence-electron chi connectivity index (χ0n) is 15.4. The van der Waals surface area contributed by atoms with Crippen LogP contribution in [0.1, 0.15) is 28.8 Å². The molecular weight excluding hydrogens is 346 g/mol. The Morgan fingerprint density at radius 3 is 2.93 bits per heavy atom. The van der Waals surface area contributed by atoms with E-state index >= 15 is 0 Å². The lowest BCUT2D eigenvalue weighted by Crippen LogP contribution is -3.14. The highest BCUT2D eigenvalue weighted by atomic mass is 16.5. The third-order valence-electron chi connectivity index (χ3n) is 5.59. The van der Waals surface area contributed by atoms with E-state index in [4.69, 9.17) is 4.74 Å². The summed E-state index contributed by atoms with van der Waals surface area (Å²) in [4.78, 5) is 27.0. The minimum Gasteiger partial charge on any atom is -0.506 e. The molecule has 27 heavy (non-hydrogen) atoms. The number of nitrogens with zero attached hydrogens (tertiary/aromatic N) is 1. The summed E-state index contributed by atoms with van der Waals surface area (Å²) in [6.45, 7) is 5.58. The summed E-state index contributed by atoms with van der Waals surface area (Å²) < 4.78 is 6.98. The normalized spacial score (nSPS) is 17.2. The first-order valence-corrected chi connectivity index (χ1v) is 9.73. The Hall–Kier alpha value is -2.38. The molecule has 2 aliphatic rings. The molecule has 0 aliphatic carbocycles. The summed E-state index contributed by atoms with van der Waals surface area (Å²) >= 11 is 0. The molecule has 144 valence electrons. The monoisotopic (exact) mass is 372 g/mol. The number of morpholine rings is 1. The van der Waals surface area contributed by atoms with E-state index in [1.54, 1.807) is 10.6 Å². The number of para-hydroxylation sites is 1. The third kappa shape index (κ3) is 3.44. The zero-order valence-corrected chi connectivity index (χ0v) is 15.4. The summed E-state index contributed by atoms with van der Waals surface area (Å²) in [7, 11) is 0. The Balaban J connectivity index is 1.51. The topological polar surface area (TPSA) is 85.0 Å². The van der Waals surface area contributed by atoms with Gasteiger partial charge in [0.1, 0.15) is 24.4 Å². The van der Waals surface area contributed by atoms with E-state index in [1.807, 2.05) is 12.1 Å². The number of aryl methyl sites for hydroxylation is 2. The molecule has 0 atom stereocenters. The molecule has 1 fully saturated rings. The number of rotatable bonds is 5. The van der Waals surface area contributed by atoms with E-state index in [0.717, 1.165) is 63.2 Å². The lowest BCUT2D eigenvalue weighted by atomic mass is 9.99. The quantitative estimate of drug-likeness (QED) is 0.629. The molecular formula is C20H26N3O4+. The van der Waals surface area contributed by atoms with Crippen molar-refractivity contribution in [3.63, 3.8) is 0 Å². The molecule has 0 radical (unpaired) electrons. The Morgan fingerprint density at radius 1 is 1.30 bits per heavy atom. The molecule has 7 nitrogen and oxygen atoms in total. The van der Waals surface area contributed by atoms with Crippen molar-refractivity contribution in [3.8, 4) is 5.75 Å². The summed E-state index contributed by atoms with van der Waals surface area (Å²) in [6.07, 6.45) is 2.57. The number of hydrogen-bond acceptors (Lipinski definition) is 4. The third-order valence-corrected chi connectivity index (χ3v) is 5.59. The van der Waals surface area contributed by atoms with Gasteiger partial charge in [-0.1, -0.05) is 12.1 Å². The number of aromatic nitrogens is 1. The largest absolute Gasteiger partial charge is 0.506 e. The maximum atomic E-state index is 12.9. The van der Waals surface area contributed by atoms with E-state index in [2.05, 4.69) is 5.32 Å². The predicted molar refractivity (Wildman–Crippen MR) is 102 cm³/mol. The summed E-state index contributed by atoms with van der Waals surface area (Å²) in [5.74, 6) is -0.692. The van der Waals surface area contributed by atoms with Crippen LogP contribution < -0.4 is 15.8 Å². The summed E-state index contributed by atoms with van der Waals surface area (Å²) in [6, 6.07) is 5.61. The minimum absolute atomic E-state index is 0.139. The Labute approximate surface area is 157 Å². The van der Waals surface area contributed by atoms with Gasteiger partial charge in [0.05, 0.1) is 25.3 Å². The van der Waals surface area contributed by atoms with Gasteiger partial charge in [0.2, 0.25) is 0 Å². The van der Waals surface area contributed by atoms with Gasteiger partial charge in [-0.15, -0.1) is 0 Å². The van der Waals surface area contributed by atoms with Crippen molar-refractivity contribution in [2.75, 3.05) is 39.4 Å². The van der Waals surface area contributed by atoms with E-state index in [1.165, 1.54) is 4.90 Å². The molecule has 3 N–H and O–H groups in total. The SMILES string of the molecule is O=C(NCCC[NH+]1CCOCC1)c1c(O)c2cccc3c2n(c1=O)CCC3.